The Bertz CT molecular complexity index is 583. The van der Waals surface area contributed by atoms with Crippen LogP contribution in [0.3, 0.4) is 0 Å². The molecule has 0 aliphatic carbocycles. The fourth-order valence-electron chi connectivity index (χ4n) is 1.54. The van der Waals surface area contributed by atoms with Crippen LogP contribution >= 0.6 is 15.9 Å². The van der Waals surface area contributed by atoms with Crippen molar-refractivity contribution in [1.82, 2.24) is 0 Å². The first-order chi connectivity index (χ1) is 10.00. The highest BCUT2D eigenvalue weighted by atomic mass is 79.9. The van der Waals surface area contributed by atoms with E-state index in [0.29, 0.717) is 4.47 Å². The number of alkyl halides is 2. The highest BCUT2D eigenvalue weighted by Crippen LogP contribution is 2.37. The molecule has 1 amide bonds. The zero-order chi connectivity index (χ0) is 17.1. The summed E-state index contributed by atoms with van der Waals surface area (Å²) in [7, 11) is 0. The molecule has 0 aliphatic rings. The van der Waals surface area contributed by atoms with Gasteiger partial charge in [-0.15, -0.1) is 0 Å². The minimum atomic E-state index is -3.85. The molecular weight excluding hydrogens is 360 g/mol. The van der Waals surface area contributed by atoms with Gasteiger partial charge in [-0.05, 0) is 25.1 Å². The van der Waals surface area contributed by atoms with Crippen molar-refractivity contribution in [2.75, 3.05) is 11.9 Å². The van der Waals surface area contributed by atoms with E-state index in [-0.39, 0.29) is 12.3 Å². The standard InChI is InChI=1S/C15H18BrF2NO3/c1-5-22-13(21)15(17,18)10-7-6-9(16)8-11(10)19-12(20)14(2,3)4/h6-8H,5H2,1-4H3,(H,19,20). The summed E-state index contributed by atoms with van der Waals surface area (Å²) in [6.45, 7) is 6.25. The van der Waals surface area contributed by atoms with Crippen LogP contribution in [0.4, 0.5) is 14.5 Å². The quantitative estimate of drug-likeness (QED) is 0.803. The van der Waals surface area contributed by atoms with Crippen molar-refractivity contribution >= 4 is 33.5 Å². The van der Waals surface area contributed by atoms with E-state index >= 15 is 0 Å². The van der Waals surface area contributed by atoms with Gasteiger partial charge in [-0.25, -0.2) is 4.79 Å². The molecule has 1 aromatic carbocycles. The molecule has 0 atom stereocenters. The smallest absolute Gasteiger partial charge is 0.382 e. The van der Waals surface area contributed by atoms with Crippen LogP contribution in [-0.2, 0) is 20.2 Å². The molecular formula is C15H18BrF2NO3. The Labute approximate surface area is 136 Å². The zero-order valence-corrected chi connectivity index (χ0v) is 14.4. The molecule has 0 spiro atoms. The highest BCUT2D eigenvalue weighted by molar-refractivity contribution is 9.10. The maximum Gasteiger partial charge on any atom is 0.382 e. The van der Waals surface area contributed by atoms with Gasteiger partial charge >= 0.3 is 11.9 Å². The monoisotopic (exact) mass is 377 g/mol. The Morgan fingerprint density at radius 1 is 1.27 bits per heavy atom. The van der Waals surface area contributed by atoms with Gasteiger partial charge in [-0.2, -0.15) is 8.78 Å². The van der Waals surface area contributed by atoms with Gasteiger partial charge in [0.1, 0.15) is 0 Å². The maximum absolute atomic E-state index is 14.2. The first kappa shape index (κ1) is 18.5. The summed E-state index contributed by atoms with van der Waals surface area (Å²) in [6, 6.07) is 3.78. The van der Waals surface area contributed by atoms with Crippen LogP contribution in [0.25, 0.3) is 0 Å². The minimum absolute atomic E-state index is 0.132. The number of benzene rings is 1. The number of hydrogen-bond donors (Lipinski definition) is 1. The first-order valence-corrected chi connectivity index (χ1v) is 7.46. The van der Waals surface area contributed by atoms with Crippen molar-refractivity contribution in [3.8, 4) is 0 Å². The number of esters is 1. The molecule has 22 heavy (non-hydrogen) atoms. The van der Waals surface area contributed by atoms with Gasteiger partial charge in [-0.1, -0.05) is 36.7 Å². The third-order valence-electron chi connectivity index (χ3n) is 2.78. The first-order valence-electron chi connectivity index (χ1n) is 6.66. The van der Waals surface area contributed by atoms with Crippen LogP contribution in [0.15, 0.2) is 22.7 Å². The van der Waals surface area contributed by atoms with E-state index in [9.17, 15) is 18.4 Å². The molecule has 122 valence electrons. The molecule has 0 unspecified atom stereocenters. The number of carbonyl (C=O) groups excluding carboxylic acids is 2. The van der Waals surface area contributed by atoms with Gasteiger partial charge in [0.2, 0.25) is 5.91 Å². The summed E-state index contributed by atoms with van der Waals surface area (Å²) in [5.74, 6) is -5.94. The van der Waals surface area contributed by atoms with Gasteiger partial charge in [0.05, 0.1) is 17.9 Å². The van der Waals surface area contributed by atoms with Gasteiger partial charge in [0, 0.05) is 9.89 Å². The molecule has 0 aliphatic heterocycles. The molecule has 1 N–H and O–H groups in total. The predicted molar refractivity (Wildman–Crippen MR) is 82.8 cm³/mol. The summed E-state index contributed by atoms with van der Waals surface area (Å²) in [4.78, 5) is 23.5. The number of rotatable bonds is 4. The molecule has 1 aromatic rings. The molecule has 4 nitrogen and oxygen atoms in total. The van der Waals surface area contributed by atoms with Crippen molar-refractivity contribution in [1.29, 1.82) is 0 Å². The average molecular weight is 378 g/mol. The van der Waals surface area contributed by atoms with Crippen molar-refractivity contribution < 1.29 is 23.1 Å². The Balaban J connectivity index is 3.26. The fourth-order valence-corrected chi connectivity index (χ4v) is 1.90. The summed E-state index contributed by atoms with van der Waals surface area (Å²) >= 11 is 3.16. The molecule has 0 aromatic heterocycles. The van der Waals surface area contributed by atoms with Gasteiger partial charge in [-0.3, -0.25) is 4.79 Å². The van der Waals surface area contributed by atoms with Crippen molar-refractivity contribution in [3.63, 3.8) is 0 Å². The third-order valence-corrected chi connectivity index (χ3v) is 3.27. The second-order valence-electron chi connectivity index (χ2n) is 5.69. The molecule has 0 heterocycles. The summed E-state index contributed by atoms with van der Waals surface area (Å²) < 4.78 is 33.4. The maximum atomic E-state index is 14.2. The zero-order valence-electron chi connectivity index (χ0n) is 12.8. The van der Waals surface area contributed by atoms with E-state index in [1.807, 2.05) is 0 Å². The molecule has 0 radical (unpaired) electrons. The van der Waals surface area contributed by atoms with Crippen molar-refractivity contribution in [2.24, 2.45) is 5.41 Å². The van der Waals surface area contributed by atoms with Crippen LogP contribution < -0.4 is 5.32 Å². The Kier molecular flexibility index (Phi) is 5.67. The number of amides is 1. The molecule has 0 saturated heterocycles. The molecule has 1 rings (SSSR count). The summed E-state index contributed by atoms with van der Waals surface area (Å²) in [5, 5.41) is 2.44. The van der Waals surface area contributed by atoms with Crippen molar-refractivity contribution in [3.05, 3.63) is 28.2 Å². The van der Waals surface area contributed by atoms with E-state index in [1.165, 1.54) is 19.1 Å². The number of ether oxygens (including phenoxy) is 1. The van der Waals surface area contributed by atoms with E-state index < -0.39 is 28.8 Å². The normalized spacial score (nSPS) is 12.0. The average Bonchev–Trinajstić information content (AvgIpc) is 2.37. The minimum Gasteiger partial charge on any atom is -0.461 e. The largest absolute Gasteiger partial charge is 0.461 e. The van der Waals surface area contributed by atoms with Gasteiger partial charge < -0.3 is 10.1 Å². The highest BCUT2D eigenvalue weighted by Gasteiger charge is 2.45. The lowest BCUT2D eigenvalue weighted by molar-refractivity contribution is -0.173. The predicted octanol–water partition coefficient (Wildman–Crippen LogP) is 4.09. The lowest BCUT2D eigenvalue weighted by atomic mass is 9.95. The third kappa shape index (κ3) is 4.25. The second kappa shape index (κ2) is 6.73. The number of halogens is 3. The van der Waals surface area contributed by atoms with E-state index in [2.05, 4.69) is 26.0 Å². The van der Waals surface area contributed by atoms with Gasteiger partial charge in [0.25, 0.3) is 0 Å². The van der Waals surface area contributed by atoms with Crippen LogP contribution in [0.1, 0.15) is 33.3 Å². The number of anilines is 1. The van der Waals surface area contributed by atoms with E-state index in [4.69, 9.17) is 0 Å². The van der Waals surface area contributed by atoms with E-state index in [0.717, 1.165) is 6.07 Å². The summed E-state index contributed by atoms with van der Waals surface area (Å²) in [6.07, 6.45) is 0. The van der Waals surface area contributed by atoms with Gasteiger partial charge in [0.15, 0.2) is 0 Å². The fraction of sp³-hybridized carbons (Fsp3) is 0.467. The van der Waals surface area contributed by atoms with Crippen LogP contribution in [0, 0.1) is 5.41 Å². The number of carbonyl (C=O) groups is 2. The molecule has 0 saturated carbocycles. The van der Waals surface area contributed by atoms with Crippen LogP contribution in [0.5, 0.6) is 0 Å². The van der Waals surface area contributed by atoms with Crippen LogP contribution in [-0.4, -0.2) is 18.5 Å². The molecule has 0 fully saturated rings. The second-order valence-corrected chi connectivity index (χ2v) is 6.60. The molecule has 0 bridgehead atoms. The Morgan fingerprint density at radius 2 is 1.86 bits per heavy atom. The lowest BCUT2D eigenvalue weighted by Crippen LogP contribution is -2.32. The topological polar surface area (TPSA) is 55.4 Å². The number of nitrogens with one attached hydrogen (secondary N) is 1. The summed E-state index contributed by atoms with van der Waals surface area (Å²) in [5.41, 5.74) is -1.50. The lowest BCUT2D eigenvalue weighted by Gasteiger charge is -2.22. The Morgan fingerprint density at radius 3 is 2.36 bits per heavy atom. The van der Waals surface area contributed by atoms with Crippen LogP contribution in [0.2, 0.25) is 0 Å². The Hall–Kier alpha value is -1.50. The SMILES string of the molecule is CCOC(=O)C(F)(F)c1ccc(Br)cc1NC(=O)C(C)(C)C. The molecule has 7 heteroatoms. The number of hydrogen-bond acceptors (Lipinski definition) is 3. The van der Waals surface area contributed by atoms with E-state index in [1.54, 1.807) is 20.8 Å². The van der Waals surface area contributed by atoms with Crippen molar-refractivity contribution in [2.45, 2.75) is 33.6 Å².